The van der Waals surface area contributed by atoms with Crippen LogP contribution in [0.2, 0.25) is 0 Å². The van der Waals surface area contributed by atoms with Gasteiger partial charge in [0.25, 0.3) is 0 Å². The summed E-state index contributed by atoms with van der Waals surface area (Å²) in [4.78, 5) is 15.1. The maximum atomic E-state index is 12.8. The van der Waals surface area contributed by atoms with Crippen LogP contribution in [-0.4, -0.2) is 45.6 Å². The van der Waals surface area contributed by atoms with Crippen molar-refractivity contribution >= 4 is 29.0 Å². The number of nitrogens with one attached hydrogen (secondary N) is 1. The number of carbonyl (C=O) groups excluding carboxylic acids is 1. The molecule has 8 heteroatoms. The molecule has 0 bridgehead atoms. The molecule has 0 aliphatic rings. The first-order valence-corrected chi connectivity index (χ1v) is 11.8. The largest absolute Gasteiger partial charge is 0.492 e. The summed E-state index contributed by atoms with van der Waals surface area (Å²) >= 11 is 1.38. The van der Waals surface area contributed by atoms with Crippen LogP contribution in [0, 0.1) is 0 Å². The van der Waals surface area contributed by atoms with Crippen molar-refractivity contribution in [2.45, 2.75) is 38.1 Å². The molecule has 1 N–H and O–H groups in total. The van der Waals surface area contributed by atoms with E-state index in [1.54, 1.807) is 0 Å². The molecular weight excluding hydrogens is 422 g/mol. The van der Waals surface area contributed by atoms with Gasteiger partial charge in [0.2, 0.25) is 5.91 Å². The molecule has 1 aromatic heterocycles. The second kappa shape index (κ2) is 11.0. The number of hydrogen-bond donors (Lipinski definition) is 1. The molecule has 0 spiro atoms. The lowest BCUT2D eigenvalue weighted by atomic mass is 10.2. The number of aromatic nitrogens is 3. The van der Waals surface area contributed by atoms with Gasteiger partial charge in [-0.2, -0.15) is 0 Å². The van der Waals surface area contributed by atoms with Gasteiger partial charge in [0.1, 0.15) is 5.75 Å². The highest BCUT2D eigenvalue weighted by Crippen LogP contribution is 2.29. The van der Waals surface area contributed by atoms with Gasteiger partial charge in [-0.05, 0) is 64.1 Å². The summed E-state index contributed by atoms with van der Waals surface area (Å²) in [7, 11) is 1.92. The van der Waals surface area contributed by atoms with Crippen molar-refractivity contribution in [1.82, 2.24) is 14.8 Å². The monoisotopic (exact) mass is 453 g/mol. The van der Waals surface area contributed by atoms with Crippen LogP contribution in [0.4, 0.5) is 11.4 Å². The van der Waals surface area contributed by atoms with E-state index in [0.717, 1.165) is 24.5 Å². The third-order valence-corrected chi connectivity index (χ3v) is 6.32. The number of amides is 1. The Morgan fingerprint density at radius 2 is 1.78 bits per heavy atom. The maximum absolute atomic E-state index is 12.8. The van der Waals surface area contributed by atoms with Gasteiger partial charge in [0.15, 0.2) is 11.0 Å². The molecule has 1 amide bonds. The van der Waals surface area contributed by atoms with E-state index in [2.05, 4.69) is 58.5 Å². The molecule has 1 atom stereocenters. The Labute approximate surface area is 194 Å². The fourth-order valence-corrected chi connectivity index (χ4v) is 4.19. The van der Waals surface area contributed by atoms with Crippen molar-refractivity contribution in [3.63, 3.8) is 0 Å². The van der Waals surface area contributed by atoms with Gasteiger partial charge in [0.05, 0.1) is 17.5 Å². The van der Waals surface area contributed by atoms with E-state index in [9.17, 15) is 4.79 Å². The van der Waals surface area contributed by atoms with Crippen LogP contribution in [0.25, 0.3) is 11.4 Å². The summed E-state index contributed by atoms with van der Waals surface area (Å²) in [6.07, 6.45) is 0. The third kappa shape index (κ3) is 5.43. The number of para-hydroxylation sites is 2. The van der Waals surface area contributed by atoms with Crippen molar-refractivity contribution in [3.05, 3.63) is 48.5 Å². The first kappa shape index (κ1) is 23.7. The van der Waals surface area contributed by atoms with Crippen LogP contribution in [0.1, 0.15) is 27.7 Å². The second-order valence-corrected chi connectivity index (χ2v) is 8.57. The van der Waals surface area contributed by atoms with E-state index in [4.69, 9.17) is 4.74 Å². The van der Waals surface area contributed by atoms with Gasteiger partial charge in [0, 0.05) is 31.4 Å². The molecule has 0 aliphatic heterocycles. The lowest BCUT2D eigenvalue weighted by Gasteiger charge is -2.21. The van der Waals surface area contributed by atoms with Crippen LogP contribution in [0.5, 0.6) is 5.75 Å². The van der Waals surface area contributed by atoms with E-state index in [-0.39, 0.29) is 11.2 Å². The minimum atomic E-state index is -0.356. The Kier molecular flexibility index (Phi) is 8.16. The molecule has 0 fully saturated rings. The van der Waals surface area contributed by atoms with Crippen LogP contribution in [0.3, 0.4) is 0 Å². The first-order chi connectivity index (χ1) is 15.5. The zero-order valence-corrected chi connectivity index (χ0v) is 20.1. The predicted molar refractivity (Wildman–Crippen MR) is 132 cm³/mol. The molecule has 7 nitrogen and oxygen atoms in total. The molecule has 0 radical (unpaired) electrons. The zero-order chi connectivity index (χ0) is 23.1. The molecule has 1 heterocycles. The van der Waals surface area contributed by atoms with Gasteiger partial charge in [-0.1, -0.05) is 23.9 Å². The summed E-state index contributed by atoms with van der Waals surface area (Å²) in [5.41, 5.74) is 2.84. The minimum absolute atomic E-state index is 0.115. The van der Waals surface area contributed by atoms with Crippen molar-refractivity contribution in [2.75, 3.05) is 29.9 Å². The highest BCUT2D eigenvalue weighted by Gasteiger charge is 2.20. The quantitative estimate of drug-likeness (QED) is 0.443. The smallest absolute Gasteiger partial charge is 0.237 e. The Hall–Kier alpha value is -3.00. The number of hydrogen-bond acceptors (Lipinski definition) is 6. The van der Waals surface area contributed by atoms with Crippen LogP contribution in [-0.2, 0) is 11.8 Å². The molecule has 0 aliphatic carbocycles. The van der Waals surface area contributed by atoms with E-state index < -0.39 is 0 Å². The van der Waals surface area contributed by atoms with Crippen LogP contribution in [0.15, 0.2) is 53.7 Å². The van der Waals surface area contributed by atoms with Gasteiger partial charge in [-0.3, -0.25) is 4.79 Å². The summed E-state index contributed by atoms with van der Waals surface area (Å²) in [5, 5.41) is 12.0. The van der Waals surface area contributed by atoms with Gasteiger partial charge >= 0.3 is 0 Å². The number of ether oxygens (including phenoxy) is 1. The average Bonchev–Trinajstić information content (AvgIpc) is 3.16. The fraction of sp³-hybridized carbons (Fsp3) is 0.375. The Balaban J connectivity index is 1.69. The summed E-state index contributed by atoms with van der Waals surface area (Å²) in [6.45, 7) is 10.5. The molecule has 170 valence electrons. The van der Waals surface area contributed by atoms with Gasteiger partial charge in [-0.15, -0.1) is 10.2 Å². The van der Waals surface area contributed by atoms with Gasteiger partial charge < -0.3 is 19.5 Å². The normalized spacial score (nSPS) is 11.8. The van der Waals surface area contributed by atoms with Crippen molar-refractivity contribution in [1.29, 1.82) is 0 Å². The first-order valence-electron chi connectivity index (χ1n) is 10.9. The van der Waals surface area contributed by atoms with Crippen molar-refractivity contribution < 1.29 is 9.53 Å². The Morgan fingerprint density at radius 3 is 2.44 bits per heavy atom. The van der Waals surface area contributed by atoms with Crippen LogP contribution < -0.4 is 15.0 Å². The second-order valence-electron chi connectivity index (χ2n) is 7.26. The number of carbonyl (C=O) groups is 1. The Morgan fingerprint density at radius 1 is 1.09 bits per heavy atom. The number of thioether (sulfide) groups is 1. The molecule has 0 saturated heterocycles. The maximum Gasteiger partial charge on any atom is 0.237 e. The molecule has 2 aromatic carbocycles. The van der Waals surface area contributed by atoms with Crippen LogP contribution >= 0.6 is 11.8 Å². The summed E-state index contributed by atoms with van der Waals surface area (Å²) in [6, 6.07) is 15.8. The summed E-state index contributed by atoms with van der Waals surface area (Å²) < 4.78 is 7.52. The van der Waals surface area contributed by atoms with E-state index >= 15 is 0 Å². The lowest BCUT2D eigenvalue weighted by Crippen LogP contribution is -2.23. The zero-order valence-electron chi connectivity index (χ0n) is 19.3. The Bertz CT molecular complexity index is 1030. The van der Waals surface area contributed by atoms with Gasteiger partial charge in [-0.25, -0.2) is 0 Å². The van der Waals surface area contributed by atoms with E-state index in [1.165, 1.54) is 17.4 Å². The number of benzene rings is 2. The fourth-order valence-electron chi connectivity index (χ4n) is 3.38. The molecule has 1 unspecified atom stereocenters. The summed E-state index contributed by atoms with van der Waals surface area (Å²) in [5.74, 6) is 1.32. The highest BCUT2D eigenvalue weighted by molar-refractivity contribution is 8.00. The third-order valence-electron chi connectivity index (χ3n) is 5.19. The van der Waals surface area contributed by atoms with E-state index in [0.29, 0.717) is 23.2 Å². The van der Waals surface area contributed by atoms with E-state index in [1.807, 2.05) is 49.7 Å². The topological polar surface area (TPSA) is 72.3 Å². The molecular formula is C24H31N5O2S. The average molecular weight is 454 g/mol. The molecule has 0 saturated carbocycles. The molecule has 3 rings (SSSR count). The SMILES string of the molecule is CCOc1ccccc1NC(=O)C(C)Sc1nnc(-c2ccc(N(CC)CC)cc2)n1C. The van der Waals surface area contributed by atoms with Crippen molar-refractivity contribution in [3.8, 4) is 17.1 Å². The number of anilines is 2. The predicted octanol–water partition coefficient (Wildman–Crippen LogP) is 4.85. The standard InChI is InChI=1S/C24H31N5O2S/c1-6-29(7-2)19-15-13-18(14-16-19)22-26-27-24(28(22)5)32-17(4)23(30)25-20-11-9-10-12-21(20)31-8-3/h9-17H,6-8H2,1-5H3,(H,25,30). The highest BCUT2D eigenvalue weighted by atomic mass is 32.2. The molecule has 3 aromatic rings. The minimum Gasteiger partial charge on any atom is -0.492 e. The van der Waals surface area contributed by atoms with Crippen molar-refractivity contribution in [2.24, 2.45) is 7.05 Å². The number of nitrogens with zero attached hydrogens (tertiary/aromatic N) is 4. The molecule has 32 heavy (non-hydrogen) atoms. The number of rotatable bonds is 10. The lowest BCUT2D eigenvalue weighted by molar-refractivity contribution is -0.115.